The van der Waals surface area contributed by atoms with E-state index in [4.69, 9.17) is 4.84 Å². The van der Waals surface area contributed by atoms with Crippen LogP contribution >= 0.6 is 0 Å². The second-order valence-electron chi connectivity index (χ2n) is 1.39. The first kappa shape index (κ1) is 7.50. The standard InChI is InChI=1S/C6H13NO/c1-4-7(5-2)8-6-3/h6H,3-5H2,1-2H3. The number of hydrogen-bond acceptors (Lipinski definition) is 2. The molecule has 0 unspecified atom stereocenters. The molecule has 0 heterocycles. The molecule has 0 aromatic carbocycles. The van der Waals surface area contributed by atoms with Crippen molar-refractivity contribution >= 4 is 0 Å². The lowest BCUT2D eigenvalue weighted by molar-refractivity contribution is -0.0939. The van der Waals surface area contributed by atoms with Crippen molar-refractivity contribution in [1.29, 1.82) is 0 Å². The van der Waals surface area contributed by atoms with Gasteiger partial charge in [0.05, 0.1) is 0 Å². The summed E-state index contributed by atoms with van der Waals surface area (Å²) < 4.78 is 0. The molecule has 0 radical (unpaired) electrons. The van der Waals surface area contributed by atoms with Crippen LogP contribution in [-0.2, 0) is 4.84 Å². The summed E-state index contributed by atoms with van der Waals surface area (Å²) in [5.41, 5.74) is 0. The largest absolute Gasteiger partial charge is 0.414 e. The molecule has 0 aromatic rings. The van der Waals surface area contributed by atoms with Crippen molar-refractivity contribution in [2.24, 2.45) is 0 Å². The first-order valence-corrected chi connectivity index (χ1v) is 2.87. The molecule has 2 heteroatoms. The van der Waals surface area contributed by atoms with Crippen LogP contribution in [0.2, 0.25) is 0 Å². The molecule has 0 saturated carbocycles. The van der Waals surface area contributed by atoms with Crippen LogP contribution < -0.4 is 0 Å². The lowest BCUT2D eigenvalue weighted by Crippen LogP contribution is -2.20. The molecule has 2 nitrogen and oxygen atoms in total. The first-order chi connectivity index (χ1) is 3.85. The van der Waals surface area contributed by atoms with Crippen LogP contribution in [0.1, 0.15) is 13.8 Å². The van der Waals surface area contributed by atoms with Gasteiger partial charge < -0.3 is 4.84 Å². The van der Waals surface area contributed by atoms with Gasteiger partial charge in [-0.1, -0.05) is 6.58 Å². The highest BCUT2D eigenvalue weighted by molar-refractivity contribution is 4.47. The predicted molar refractivity (Wildman–Crippen MR) is 34.2 cm³/mol. The molecule has 0 spiro atoms. The average Bonchev–Trinajstić information content (AvgIpc) is 1.83. The molecular weight excluding hydrogens is 102 g/mol. The number of nitrogens with zero attached hydrogens (tertiary/aromatic N) is 1. The quantitative estimate of drug-likeness (QED) is 0.405. The lowest BCUT2D eigenvalue weighted by atomic mass is 10.6. The molecule has 0 bridgehead atoms. The zero-order valence-corrected chi connectivity index (χ0v) is 5.55. The second-order valence-corrected chi connectivity index (χ2v) is 1.39. The van der Waals surface area contributed by atoms with Gasteiger partial charge in [0.15, 0.2) is 0 Å². The molecule has 0 atom stereocenters. The lowest BCUT2D eigenvalue weighted by Gasteiger charge is -2.14. The fraction of sp³-hybridized carbons (Fsp3) is 0.667. The monoisotopic (exact) mass is 115 g/mol. The van der Waals surface area contributed by atoms with Crippen LogP contribution in [0.3, 0.4) is 0 Å². The summed E-state index contributed by atoms with van der Waals surface area (Å²) in [4.78, 5) is 4.94. The molecule has 0 aliphatic heterocycles. The third-order valence-corrected chi connectivity index (χ3v) is 0.929. The van der Waals surface area contributed by atoms with Gasteiger partial charge >= 0.3 is 0 Å². The molecule has 48 valence electrons. The van der Waals surface area contributed by atoms with Crippen LogP contribution in [0.4, 0.5) is 0 Å². The summed E-state index contributed by atoms with van der Waals surface area (Å²) >= 11 is 0. The molecule has 0 amide bonds. The van der Waals surface area contributed by atoms with Gasteiger partial charge in [0, 0.05) is 13.1 Å². The van der Waals surface area contributed by atoms with Gasteiger partial charge in [-0.3, -0.25) is 0 Å². The van der Waals surface area contributed by atoms with Crippen molar-refractivity contribution in [2.75, 3.05) is 13.1 Å². The summed E-state index contributed by atoms with van der Waals surface area (Å²) in [7, 11) is 0. The van der Waals surface area contributed by atoms with Gasteiger partial charge in [0.25, 0.3) is 0 Å². The summed E-state index contributed by atoms with van der Waals surface area (Å²) in [6.45, 7) is 9.31. The fourth-order valence-electron chi connectivity index (χ4n) is 0.478. The third kappa shape index (κ3) is 2.64. The van der Waals surface area contributed by atoms with E-state index in [1.807, 2.05) is 18.9 Å². The zero-order valence-electron chi connectivity index (χ0n) is 5.55. The predicted octanol–water partition coefficient (Wildman–Crippen LogP) is 1.40. The van der Waals surface area contributed by atoms with Crippen molar-refractivity contribution in [1.82, 2.24) is 5.06 Å². The SMILES string of the molecule is C=CON(CC)CC. The van der Waals surface area contributed by atoms with Crippen LogP contribution in [-0.4, -0.2) is 18.2 Å². The third-order valence-electron chi connectivity index (χ3n) is 0.929. The maximum absolute atomic E-state index is 4.94. The van der Waals surface area contributed by atoms with E-state index in [2.05, 4.69) is 6.58 Å². The fourth-order valence-corrected chi connectivity index (χ4v) is 0.478. The number of hydroxylamine groups is 2. The van der Waals surface area contributed by atoms with Crippen molar-refractivity contribution in [2.45, 2.75) is 13.8 Å². The van der Waals surface area contributed by atoms with Crippen molar-refractivity contribution < 1.29 is 4.84 Å². The van der Waals surface area contributed by atoms with Crippen molar-refractivity contribution in [3.63, 3.8) is 0 Å². The average molecular weight is 115 g/mol. The Hall–Kier alpha value is -0.500. The van der Waals surface area contributed by atoms with E-state index in [0.29, 0.717) is 0 Å². The molecule has 0 aliphatic carbocycles. The Morgan fingerprint density at radius 2 is 2.00 bits per heavy atom. The summed E-state index contributed by atoms with van der Waals surface area (Å²) in [6.07, 6.45) is 1.44. The van der Waals surface area contributed by atoms with E-state index < -0.39 is 0 Å². The number of rotatable bonds is 4. The van der Waals surface area contributed by atoms with E-state index in [-0.39, 0.29) is 0 Å². The van der Waals surface area contributed by atoms with Gasteiger partial charge in [-0.25, -0.2) is 0 Å². The van der Waals surface area contributed by atoms with Crippen molar-refractivity contribution in [3.05, 3.63) is 12.8 Å². The van der Waals surface area contributed by atoms with E-state index in [0.717, 1.165) is 13.1 Å². The van der Waals surface area contributed by atoms with Crippen LogP contribution in [0, 0.1) is 0 Å². The van der Waals surface area contributed by atoms with Crippen molar-refractivity contribution in [3.8, 4) is 0 Å². The maximum Gasteiger partial charge on any atom is 0.104 e. The molecule has 0 fully saturated rings. The molecule has 0 N–H and O–H groups in total. The zero-order chi connectivity index (χ0) is 6.41. The Labute approximate surface area is 50.7 Å². The molecule has 0 aliphatic rings. The first-order valence-electron chi connectivity index (χ1n) is 2.87. The summed E-state index contributed by atoms with van der Waals surface area (Å²) in [6, 6.07) is 0. The van der Waals surface area contributed by atoms with Gasteiger partial charge in [-0.15, -0.1) is 5.06 Å². The van der Waals surface area contributed by atoms with Gasteiger partial charge in [0.1, 0.15) is 6.26 Å². The van der Waals surface area contributed by atoms with Crippen LogP contribution in [0.5, 0.6) is 0 Å². The minimum absolute atomic E-state index is 0.905. The summed E-state index contributed by atoms with van der Waals surface area (Å²) in [5, 5.41) is 1.81. The topological polar surface area (TPSA) is 12.5 Å². The molecular formula is C6H13NO. The van der Waals surface area contributed by atoms with Crippen LogP contribution in [0.15, 0.2) is 12.8 Å². The second kappa shape index (κ2) is 4.65. The highest BCUT2D eigenvalue weighted by Crippen LogP contribution is 1.86. The molecule has 0 aromatic heterocycles. The Bertz CT molecular complexity index is 59.5. The normalized spacial score (nSPS) is 9.38. The van der Waals surface area contributed by atoms with Gasteiger partial charge in [-0.2, -0.15) is 0 Å². The van der Waals surface area contributed by atoms with E-state index in [9.17, 15) is 0 Å². The Balaban J connectivity index is 3.20. The Morgan fingerprint density at radius 1 is 1.50 bits per heavy atom. The maximum atomic E-state index is 4.94. The minimum atomic E-state index is 0.905. The minimum Gasteiger partial charge on any atom is -0.414 e. The molecule has 0 saturated heterocycles. The molecule has 0 rings (SSSR count). The van der Waals surface area contributed by atoms with Gasteiger partial charge in [0.2, 0.25) is 0 Å². The van der Waals surface area contributed by atoms with E-state index in [1.165, 1.54) is 6.26 Å². The molecule has 8 heavy (non-hydrogen) atoms. The van der Waals surface area contributed by atoms with E-state index in [1.54, 1.807) is 0 Å². The Morgan fingerprint density at radius 3 is 2.12 bits per heavy atom. The van der Waals surface area contributed by atoms with E-state index >= 15 is 0 Å². The Kier molecular flexibility index (Phi) is 4.36. The number of hydrogen-bond donors (Lipinski definition) is 0. The van der Waals surface area contributed by atoms with Gasteiger partial charge in [-0.05, 0) is 13.8 Å². The highest BCUT2D eigenvalue weighted by atomic mass is 16.7. The summed E-state index contributed by atoms with van der Waals surface area (Å²) in [5.74, 6) is 0. The smallest absolute Gasteiger partial charge is 0.104 e. The van der Waals surface area contributed by atoms with Crippen LogP contribution in [0.25, 0.3) is 0 Å². The highest BCUT2D eigenvalue weighted by Gasteiger charge is 1.91.